The van der Waals surface area contributed by atoms with Crippen molar-refractivity contribution >= 4 is 17.7 Å². The third-order valence-corrected chi connectivity index (χ3v) is 3.85. The number of carbonyl (C=O) groups excluding carboxylic acids is 2. The average Bonchev–Trinajstić information content (AvgIpc) is 2.89. The SMILES string of the molecule is CCOC(=O)C1(C(=O)OCC)O[N+]([O-])=C(CC)[C@@H]1c1ccccc1. The Labute approximate surface area is 140 Å². The molecule has 0 saturated carbocycles. The molecule has 0 amide bonds. The van der Waals surface area contributed by atoms with Crippen molar-refractivity contribution in [1.82, 2.24) is 0 Å². The van der Waals surface area contributed by atoms with Gasteiger partial charge in [0.2, 0.25) is 5.71 Å². The molecule has 0 aliphatic carbocycles. The lowest BCUT2D eigenvalue weighted by molar-refractivity contribution is -0.745. The maximum atomic E-state index is 12.6. The first-order chi connectivity index (χ1) is 11.5. The highest BCUT2D eigenvalue weighted by Gasteiger charge is 2.64. The summed E-state index contributed by atoms with van der Waals surface area (Å²) in [5.74, 6) is -2.76. The van der Waals surface area contributed by atoms with Gasteiger partial charge in [0.15, 0.2) is 0 Å². The van der Waals surface area contributed by atoms with Crippen LogP contribution in [0.3, 0.4) is 0 Å². The Kier molecular flexibility index (Phi) is 5.43. The van der Waals surface area contributed by atoms with E-state index in [2.05, 4.69) is 0 Å². The third kappa shape index (κ3) is 2.81. The van der Waals surface area contributed by atoms with Gasteiger partial charge >= 0.3 is 11.9 Å². The second-order valence-electron chi connectivity index (χ2n) is 5.21. The number of esters is 2. The third-order valence-electron chi connectivity index (χ3n) is 3.85. The first-order valence-corrected chi connectivity index (χ1v) is 7.94. The lowest BCUT2D eigenvalue weighted by atomic mass is 9.78. The molecule has 1 aliphatic rings. The minimum absolute atomic E-state index is 0.0468. The molecule has 0 fully saturated rings. The largest absolute Gasteiger partial charge is 0.464 e. The lowest BCUT2D eigenvalue weighted by Crippen LogP contribution is -2.54. The van der Waals surface area contributed by atoms with Crippen LogP contribution in [-0.4, -0.2) is 41.4 Å². The van der Waals surface area contributed by atoms with Crippen molar-refractivity contribution in [2.45, 2.75) is 38.7 Å². The summed E-state index contributed by atoms with van der Waals surface area (Å²) < 4.78 is 10.1. The summed E-state index contributed by atoms with van der Waals surface area (Å²) in [4.78, 5) is 30.8. The van der Waals surface area contributed by atoms with Crippen molar-refractivity contribution in [3.8, 4) is 0 Å². The zero-order valence-corrected chi connectivity index (χ0v) is 14.0. The Morgan fingerprint density at radius 2 is 1.67 bits per heavy atom. The van der Waals surface area contributed by atoms with Crippen molar-refractivity contribution in [3.63, 3.8) is 0 Å². The van der Waals surface area contributed by atoms with Gasteiger partial charge in [-0.2, -0.15) is 0 Å². The summed E-state index contributed by atoms with van der Waals surface area (Å²) in [5.41, 5.74) is -1.29. The predicted octanol–water partition coefficient (Wildman–Crippen LogP) is 1.94. The van der Waals surface area contributed by atoms with Gasteiger partial charge in [-0.15, -0.1) is 0 Å². The van der Waals surface area contributed by atoms with Crippen LogP contribution < -0.4 is 0 Å². The highest BCUT2D eigenvalue weighted by molar-refractivity contribution is 6.11. The molecule has 1 atom stereocenters. The molecule has 0 aromatic heterocycles. The maximum absolute atomic E-state index is 12.6. The molecule has 0 spiro atoms. The van der Waals surface area contributed by atoms with E-state index < -0.39 is 23.5 Å². The fraction of sp³-hybridized carbons (Fsp3) is 0.471. The predicted molar refractivity (Wildman–Crippen MR) is 85.2 cm³/mol. The normalized spacial score (nSPS) is 18.9. The zero-order valence-electron chi connectivity index (χ0n) is 14.0. The number of ether oxygens (including phenoxy) is 2. The molecule has 7 nitrogen and oxygen atoms in total. The average molecular weight is 335 g/mol. The molecule has 0 radical (unpaired) electrons. The minimum Gasteiger partial charge on any atom is -0.464 e. The van der Waals surface area contributed by atoms with Gasteiger partial charge in [0, 0.05) is 11.3 Å². The number of benzene rings is 1. The van der Waals surface area contributed by atoms with Crippen LogP contribution in [0.4, 0.5) is 0 Å². The fourth-order valence-corrected chi connectivity index (χ4v) is 2.86. The first kappa shape index (κ1) is 17.8. The molecule has 1 heterocycles. The number of hydrogen-bond donors (Lipinski definition) is 0. The quantitative estimate of drug-likeness (QED) is 0.448. The summed E-state index contributed by atoms with van der Waals surface area (Å²) in [6, 6.07) is 8.79. The summed E-state index contributed by atoms with van der Waals surface area (Å²) in [6.07, 6.45) is 0.309. The van der Waals surface area contributed by atoms with Gasteiger partial charge in [-0.05, 0) is 19.4 Å². The second-order valence-corrected chi connectivity index (χ2v) is 5.21. The Morgan fingerprint density at radius 1 is 1.12 bits per heavy atom. The summed E-state index contributed by atoms with van der Waals surface area (Å²) in [7, 11) is 0. The highest BCUT2D eigenvalue weighted by Crippen LogP contribution is 2.41. The van der Waals surface area contributed by atoms with Crippen molar-refractivity contribution in [1.29, 1.82) is 0 Å². The minimum atomic E-state index is -2.17. The molecule has 24 heavy (non-hydrogen) atoms. The highest BCUT2D eigenvalue weighted by atomic mass is 16.9. The molecular formula is C17H21NO6. The molecule has 1 aromatic rings. The molecule has 7 heteroatoms. The van der Waals surface area contributed by atoms with Crippen molar-refractivity contribution in [2.75, 3.05) is 13.2 Å². The molecule has 0 bridgehead atoms. The molecule has 1 aliphatic heterocycles. The van der Waals surface area contributed by atoms with Crippen LogP contribution in [0.15, 0.2) is 30.3 Å². The van der Waals surface area contributed by atoms with Crippen LogP contribution in [0.2, 0.25) is 0 Å². The van der Waals surface area contributed by atoms with Crippen LogP contribution in [0, 0.1) is 5.21 Å². The van der Waals surface area contributed by atoms with Crippen LogP contribution in [-0.2, 0) is 23.9 Å². The zero-order chi connectivity index (χ0) is 17.7. The van der Waals surface area contributed by atoms with Crippen LogP contribution in [0.5, 0.6) is 0 Å². The molecule has 1 aromatic carbocycles. The number of nitrogens with zero attached hydrogens (tertiary/aromatic N) is 1. The lowest BCUT2D eigenvalue weighted by Gasteiger charge is -2.30. The molecule has 130 valence electrons. The smallest absolute Gasteiger partial charge is 0.341 e. The van der Waals surface area contributed by atoms with Gasteiger partial charge in [0.25, 0.3) is 5.60 Å². The van der Waals surface area contributed by atoms with E-state index in [1.807, 2.05) is 0 Å². The first-order valence-electron chi connectivity index (χ1n) is 7.94. The molecule has 0 N–H and O–H groups in total. The number of hydrogen-bond acceptors (Lipinski definition) is 6. The van der Waals surface area contributed by atoms with Crippen LogP contribution in [0.1, 0.15) is 38.7 Å². The van der Waals surface area contributed by atoms with E-state index in [4.69, 9.17) is 14.3 Å². The van der Waals surface area contributed by atoms with E-state index in [0.717, 1.165) is 0 Å². The van der Waals surface area contributed by atoms with Gasteiger partial charge < -0.3 is 14.3 Å². The molecule has 0 unspecified atom stereocenters. The number of rotatable bonds is 6. The van der Waals surface area contributed by atoms with E-state index in [0.29, 0.717) is 12.0 Å². The molecular weight excluding hydrogens is 314 g/mol. The standard InChI is InChI=1S/C17H21NO6/c1-4-13-14(12-10-8-7-9-11-12)17(24-18(13)21,15(19)22-5-2)16(20)23-6-3/h7-11,14H,4-6H2,1-3H3/t14-/m0/s1. The maximum Gasteiger partial charge on any atom is 0.341 e. The van der Waals surface area contributed by atoms with Crippen molar-refractivity contribution in [3.05, 3.63) is 41.1 Å². The Morgan fingerprint density at radius 3 is 2.12 bits per heavy atom. The van der Waals surface area contributed by atoms with E-state index >= 15 is 0 Å². The van der Waals surface area contributed by atoms with E-state index in [9.17, 15) is 14.8 Å². The van der Waals surface area contributed by atoms with E-state index in [1.54, 1.807) is 51.1 Å². The van der Waals surface area contributed by atoms with Gasteiger partial charge in [0.05, 0.1) is 13.2 Å². The van der Waals surface area contributed by atoms with Gasteiger partial charge in [-0.25, -0.2) is 9.59 Å². The van der Waals surface area contributed by atoms with Crippen molar-refractivity contribution < 1.29 is 28.8 Å². The van der Waals surface area contributed by atoms with E-state index in [-0.39, 0.29) is 23.8 Å². The van der Waals surface area contributed by atoms with Gasteiger partial charge in [0.1, 0.15) is 5.92 Å². The number of carbonyl (C=O) groups is 2. The Hall–Kier alpha value is -2.57. The van der Waals surface area contributed by atoms with Crippen LogP contribution in [0.25, 0.3) is 0 Å². The summed E-state index contributed by atoms with van der Waals surface area (Å²) in [6.45, 7) is 5.08. The van der Waals surface area contributed by atoms with Crippen LogP contribution >= 0.6 is 0 Å². The molecule has 0 saturated heterocycles. The van der Waals surface area contributed by atoms with Crippen molar-refractivity contribution in [2.24, 2.45) is 0 Å². The molecule has 2 rings (SSSR count). The summed E-state index contributed by atoms with van der Waals surface area (Å²) >= 11 is 0. The Balaban J connectivity index is 2.63. The van der Waals surface area contributed by atoms with E-state index in [1.165, 1.54) is 0 Å². The van der Waals surface area contributed by atoms with Gasteiger partial charge in [-0.1, -0.05) is 37.3 Å². The van der Waals surface area contributed by atoms with Gasteiger partial charge in [-0.3, -0.25) is 5.21 Å². The summed E-state index contributed by atoms with van der Waals surface area (Å²) in [5, 5.41) is 12.3. The Bertz CT molecular complexity index is 622. The topological polar surface area (TPSA) is 87.9 Å². The fourth-order valence-electron chi connectivity index (χ4n) is 2.86. The second kappa shape index (κ2) is 7.33. The monoisotopic (exact) mass is 335 g/mol.